The number of nitrogens with one attached hydrogen (secondary N) is 1. The van der Waals surface area contributed by atoms with Gasteiger partial charge in [-0.15, -0.1) is 11.8 Å². The molecule has 1 N–H and O–H groups in total. The van der Waals surface area contributed by atoms with Crippen LogP contribution >= 0.6 is 11.8 Å². The summed E-state index contributed by atoms with van der Waals surface area (Å²) in [4.78, 5) is 25.1. The van der Waals surface area contributed by atoms with Gasteiger partial charge in [0, 0.05) is 36.3 Å². The Morgan fingerprint density at radius 1 is 1.33 bits per heavy atom. The Morgan fingerprint density at radius 3 is 2.79 bits per heavy atom. The van der Waals surface area contributed by atoms with Crippen molar-refractivity contribution in [3.05, 3.63) is 18.6 Å². The van der Waals surface area contributed by atoms with Crippen LogP contribution < -0.4 is 10.2 Å². The molecule has 1 unspecified atom stereocenters. The van der Waals surface area contributed by atoms with E-state index in [0.717, 1.165) is 31.5 Å². The molecule has 7 nitrogen and oxygen atoms in total. The van der Waals surface area contributed by atoms with Crippen molar-refractivity contribution in [2.45, 2.75) is 49.9 Å². The summed E-state index contributed by atoms with van der Waals surface area (Å²) in [5.41, 5.74) is 0. The Balaban J connectivity index is 1.40. The second kappa shape index (κ2) is 6.48. The zero-order chi connectivity index (χ0) is 16.5. The molecule has 1 aromatic heterocycles. The molecule has 4 atom stereocenters. The van der Waals surface area contributed by atoms with Crippen LogP contribution in [0, 0.1) is 11.3 Å². The predicted octanol–water partition coefficient (Wildman–Crippen LogP) is 1.58. The van der Waals surface area contributed by atoms with Crippen LogP contribution in [0.15, 0.2) is 18.6 Å². The molecule has 0 saturated carbocycles. The third kappa shape index (κ3) is 2.77. The van der Waals surface area contributed by atoms with Crippen molar-refractivity contribution in [2.75, 3.05) is 16.5 Å². The SMILES string of the molecule is N#C[C@H]1CSCN1C(=O)NC1C[C@H]2CC[C@@H](C1)N2c1cnccn1. The summed E-state index contributed by atoms with van der Waals surface area (Å²) in [6.45, 7) is 0. The van der Waals surface area contributed by atoms with Gasteiger partial charge >= 0.3 is 6.03 Å². The summed E-state index contributed by atoms with van der Waals surface area (Å²) in [6, 6.07) is 2.81. The van der Waals surface area contributed by atoms with Crippen LogP contribution in [0.4, 0.5) is 10.6 Å². The Kier molecular flexibility index (Phi) is 4.19. The highest BCUT2D eigenvalue weighted by Crippen LogP contribution is 2.38. The molecule has 8 heteroatoms. The van der Waals surface area contributed by atoms with E-state index in [9.17, 15) is 4.79 Å². The highest BCUT2D eigenvalue weighted by atomic mass is 32.2. The van der Waals surface area contributed by atoms with E-state index in [1.54, 1.807) is 29.1 Å². The lowest BCUT2D eigenvalue weighted by Crippen LogP contribution is -2.54. The normalized spacial score (nSPS) is 31.8. The number of carbonyl (C=O) groups excluding carboxylic acids is 1. The first kappa shape index (κ1) is 15.5. The summed E-state index contributed by atoms with van der Waals surface area (Å²) in [7, 11) is 0. The van der Waals surface area contributed by atoms with Crippen LogP contribution in [-0.4, -0.2) is 56.7 Å². The van der Waals surface area contributed by atoms with Gasteiger partial charge < -0.3 is 10.2 Å². The van der Waals surface area contributed by atoms with Crippen LogP contribution in [0.3, 0.4) is 0 Å². The molecular weight excluding hydrogens is 324 g/mol. The van der Waals surface area contributed by atoms with Crippen LogP contribution in [0.2, 0.25) is 0 Å². The molecule has 3 fully saturated rings. The number of carbonyl (C=O) groups is 1. The largest absolute Gasteiger partial charge is 0.349 e. The highest BCUT2D eigenvalue weighted by molar-refractivity contribution is 7.99. The van der Waals surface area contributed by atoms with Gasteiger partial charge in [-0.2, -0.15) is 5.26 Å². The average molecular weight is 344 g/mol. The van der Waals surface area contributed by atoms with Gasteiger partial charge in [-0.25, -0.2) is 9.78 Å². The van der Waals surface area contributed by atoms with Crippen LogP contribution in [0.25, 0.3) is 0 Å². The summed E-state index contributed by atoms with van der Waals surface area (Å²) >= 11 is 1.64. The number of nitrogens with zero attached hydrogens (tertiary/aromatic N) is 5. The molecule has 0 radical (unpaired) electrons. The van der Waals surface area contributed by atoms with Gasteiger partial charge in [0.25, 0.3) is 0 Å². The molecule has 0 aliphatic carbocycles. The molecule has 3 aliphatic heterocycles. The van der Waals surface area contributed by atoms with Crippen molar-refractivity contribution >= 4 is 23.6 Å². The van der Waals surface area contributed by atoms with E-state index in [4.69, 9.17) is 5.26 Å². The fourth-order valence-corrected chi connectivity index (χ4v) is 5.18. The van der Waals surface area contributed by atoms with Gasteiger partial charge in [0.1, 0.15) is 11.9 Å². The Morgan fingerprint density at radius 2 is 2.12 bits per heavy atom. The van der Waals surface area contributed by atoms with Gasteiger partial charge in [-0.05, 0) is 25.7 Å². The van der Waals surface area contributed by atoms with Crippen molar-refractivity contribution in [2.24, 2.45) is 0 Å². The first-order valence-corrected chi connectivity index (χ1v) is 9.50. The van der Waals surface area contributed by atoms with E-state index >= 15 is 0 Å². The van der Waals surface area contributed by atoms with Crippen molar-refractivity contribution < 1.29 is 4.79 Å². The molecule has 2 amide bonds. The van der Waals surface area contributed by atoms with Crippen molar-refractivity contribution in [3.8, 4) is 6.07 Å². The summed E-state index contributed by atoms with van der Waals surface area (Å²) < 4.78 is 0. The lowest BCUT2D eigenvalue weighted by atomic mass is 9.97. The van der Waals surface area contributed by atoms with Gasteiger partial charge in [-0.1, -0.05) is 0 Å². The first-order valence-electron chi connectivity index (χ1n) is 8.35. The number of hydrogen-bond acceptors (Lipinski definition) is 6. The van der Waals surface area contributed by atoms with E-state index in [0.29, 0.717) is 23.7 Å². The number of thioether (sulfide) groups is 1. The van der Waals surface area contributed by atoms with Crippen LogP contribution in [0.5, 0.6) is 0 Å². The molecule has 1 aromatic rings. The molecule has 126 valence electrons. The molecule has 3 aliphatic rings. The second-order valence-corrected chi connectivity index (χ2v) is 7.59. The van der Waals surface area contributed by atoms with E-state index in [-0.39, 0.29) is 18.1 Å². The number of rotatable bonds is 2. The average Bonchev–Trinajstić information content (AvgIpc) is 3.18. The molecule has 0 aromatic carbocycles. The number of anilines is 1. The Bertz CT molecular complexity index is 636. The number of nitriles is 1. The Labute approximate surface area is 145 Å². The number of piperidine rings is 1. The number of urea groups is 1. The molecular formula is C16H20N6OS. The summed E-state index contributed by atoms with van der Waals surface area (Å²) in [5, 5.41) is 12.3. The maximum atomic E-state index is 12.5. The standard InChI is InChI=1S/C16H20N6OS/c17-7-14-9-24-10-21(14)16(23)20-11-5-12-1-2-13(6-11)22(12)15-8-18-3-4-19-15/h3-4,8,11-14H,1-2,5-6,9-10H2,(H,20,23)/t11?,12-,13+,14-/m0/s1. The highest BCUT2D eigenvalue weighted by Gasteiger charge is 2.42. The van der Waals surface area contributed by atoms with Gasteiger partial charge in [0.05, 0.1) is 18.1 Å². The molecule has 3 saturated heterocycles. The van der Waals surface area contributed by atoms with E-state index in [2.05, 4.69) is 26.3 Å². The maximum Gasteiger partial charge on any atom is 0.319 e. The minimum Gasteiger partial charge on any atom is -0.349 e. The Hall–Kier alpha value is -2.01. The quantitative estimate of drug-likeness (QED) is 0.877. The van der Waals surface area contributed by atoms with Crippen molar-refractivity contribution in [1.29, 1.82) is 5.26 Å². The monoisotopic (exact) mass is 344 g/mol. The minimum atomic E-state index is -0.300. The van der Waals surface area contributed by atoms with Crippen LogP contribution in [-0.2, 0) is 0 Å². The van der Waals surface area contributed by atoms with Gasteiger partial charge in [0.2, 0.25) is 0 Å². The number of hydrogen-bond donors (Lipinski definition) is 1. The molecule has 24 heavy (non-hydrogen) atoms. The van der Waals surface area contributed by atoms with E-state index in [1.807, 2.05) is 6.20 Å². The van der Waals surface area contributed by atoms with Crippen LogP contribution in [0.1, 0.15) is 25.7 Å². The van der Waals surface area contributed by atoms with Crippen molar-refractivity contribution in [1.82, 2.24) is 20.2 Å². The minimum absolute atomic E-state index is 0.0936. The molecule has 0 spiro atoms. The first-order chi connectivity index (χ1) is 11.8. The number of fused-ring (bicyclic) bond motifs is 2. The third-order valence-corrected chi connectivity index (χ3v) is 6.18. The van der Waals surface area contributed by atoms with Gasteiger partial charge in [-0.3, -0.25) is 9.88 Å². The van der Waals surface area contributed by atoms with E-state index in [1.165, 1.54) is 0 Å². The summed E-state index contributed by atoms with van der Waals surface area (Å²) in [6.07, 6.45) is 9.37. The number of aromatic nitrogens is 2. The molecule has 4 heterocycles. The lowest BCUT2D eigenvalue weighted by molar-refractivity contribution is 0.195. The summed E-state index contributed by atoms with van der Waals surface area (Å²) in [5.74, 6) is 2.26. The fourth-order valence-electron chi connectivity index (χ4n) is 4.10. The fraction of sp³-hybridized carbons (Fsp3) is 0.625. The third-order valence-electron chi connectivity index (χ3n) is 5.17. The maximum absolute atomic E-state index is 12.5. The van der Waals surface area contributed by atoms with Crippen molar-refractivity contribution in [3.63, 3.8) is 0 Å². The second-order valence-electron chi connectivity index (χ2n) is 6.59. The zero-order valence-corrected chi connectivity index (χ0v) is 14.2. The topological polar surface area (TPSA) is 85.2 Å². The smallest absolute Gasteiger partial charge is 0.319 e. The van der Waals surface area contributed by atoms with Gasteiger partial charge in [0.15, 0.2) is 0 Å². The predicted molar refractivity (Wildman–Crippen MR) is 91.4 cm³/mol. The van der Waals surface area contributed by atoms with E-state index < -0.39 is 0 Å². The molecule has 2 bridgehead atoms. The molecule has 4 rings (SSSR count). The zero-order valence-electron chi connectivity index (χ0n) is 13.3. The number of amides is 2. The lowest BCUT2D eigenvalue weighted by Gasteiger charge is -2.40.